The summed E-state index contributed by atoms with van der Waals surface area (Å²) in [5, 5.41) is 18.8. The average molecular weight is 341 g/mol. The third kappa shape index (κ3) is 3.86. The summed E-state index contributed by atoms with van der Waals surface area (Å²) in [4.78, 5) is 13.4. The van der Waals surface area contributed by atoms with E-state index < -0.39 is 0 Å². The van der Waals surface area contributed by atoms with Gasteiger partial charge in [0.2, 0.25) is 11.7 Å². The van der Waals surface area contributed by atoms with Gasteiger partial charge in [0, 0.05) is 16.6 Å². The molecular weight excluding hydrogens is 322 g/mol. The molecule has 0 bridgehead atoms. The Balaban J connectivity index is 1.62. The second kappa shape index (κ2) is 6.52. The lowest BCUT2D eigenvalue weighted by Crippen LogP contribution is -2.20. The second-order valence-corrected chi connectivity index (χ2v) is 7.31. The summed E-state index contributed by atoms with van der Waals surface area (Å²) in [6.07, 6.45) is 0. The zero-order chi connectivity index (χ0) is 17.2. The molecule has 3 aromatic rings. The molecule has 1 N–H and O–H groups in total. The molecule has 0 saturated carbocycles. The van der Waals surface area contributed by atoms with Crippen LogP contribution in [0.3, 0.4) is 0 Å². The van der Waals surface area contributed by atoms with Gasteiger partial charge in [0.1, 0.15) is 6.54 Å². The van der Waals surface area contributed by atoms with Gasteiger partial charge in [-0.2, -0.15) is 16.1 Å². The van der Waals surface area contributed by atoms with Crippen LogP contribution in [0, 0.1) is 0 Å². The number of amides is 1. The highest BCUT2D eigenvalue weighted by Crippen LogP contribution is 2.23. The monoisotopic (exact) mass is 341 g/mol. The maximum absolute atomic E-state index is 12.1. The van der Waals surface area contributed by atoms with Crippen molar-refractivity contribution >= 4 is 22.9 Å². The Labute approximate surface area is 144 Å². The third-order valence-corrected chi connectivity index (χ3v) is 4.24. The molecule has 3 rings (SSSR count). The van der Waals surface area contributed by atoms with Gasteiger partial charge in [0.15, 0.2) is 0 Å². The summed E-state index contributed by atoms with van der Waals surface area (Å²) in [7, 11) is 0. The first-order valence-corrected chi connectivity index (χ1v) is 8.57. The van der Waals surface area contributed by atoms with Crippen molar-refractivity contribution in [3.8, 4) is 11.4 Å². The number of rotatable bonds is 4. The Morgan fingerprint density at radius 2 is 1.96 bits per heavy atom. The van der Waals surface area contributed by atoms with Gasteiger partial charge in [-0.3, -0.25) is 4.79 Å². The minimum atomic E-state index is -0.187. The van der Waals surface area contributed by atoms with Gasteiger partial charge >= 0.3 is 0 Å². The van der Waals surface area contributed by atoms with Crippen LogP contribution in [0.1, 0.15) is 26.3 Å². The fourth-order valence-electron chi connectivity index (χ4n) is 2.20. The maximum Gasteiger partial charge on any atom is 0.248 e. The summed E-state index contributed by atoms with van der Waals surface area (Å²) >= 11 is 1.57. The van der Waals surface area contributed by atoms with Crippen LogP contribution in [0.15, 0.2) is 41.1 Å². The van der Waals surface area contributed by atoms with Crippen LogP contribution in [-0.2, 0) is 16.8 Å². The molecule has 124 valence electrons. The van der Waals surface area contributed by atoms with E-state index in [-0.39, 0.29) is 17.9 Å². The first-order valence-electron chi connectivity index (χ1n) is 7.62. The minimum Gasteiger partial charge on any atom is -0.324 e. The Morgan fingerprint density at radius 3 is 2.58 bits per heavy atom. The second-order valence-electron chi connectivity index (χ2n) is 6.53. The number of hydrogen-bond donors (Lipinski definition) is 1. The number of benzene rings is 1. The molecule has 0 aliphatic carbocycles. The molecule has 0 aliphatic heterocycles. The lowest BCUT2D eigenvalue weighted by atomic mass is 9.87. The van der Waals surface area contributed by atoms with Crippen LogP contribution in [0.25, 0.3) is 11.4 Å². The number of aromatic nitrogens is 4. The number of hydrogen-bond acceptors (Lipinski definition) is 5. The van der Waals surface area contributed by atoms with Crippen molar-refractivity contribution < 1.29 is 4.79 Å². The summed E-state index contributed by atoms with van der Waals surface area (Å²) < 4.78 is 0. The van der Waals surface area contributed by atoms with E-state index in [0.29, 0.717) is 5.82 Å². The Kier molecular flexibility index (Phi) is 4.44. The molecule has 1 amide bonds. The van der Waals surface area contributed by atoms with Gasteiger partial charge < -0.3 is 5.32 Å². The van der Waals surface area contributed by atoms with Gasteiger partial charge in [-0.05, 0) is 39.8 Å². The molecule has 0 radical (unpaired) electrons. The van der Waals surface area contributed by atoms with E-state index in [2.05, 4.69) is 41.5 Å². The molecule has 6 nitrogen and oxygen atoms in total. The van der Waals surface area contributed by atoms with Gasteiger partial charge in [-0.1, -0.05) is 32.9 Å². The van der Waals surface area contributed by atoms with Crippen LogP contribution >= 0.6 is 11.3 Å². The molecule has 0 spiro atoms. The van der Waals surface area contributed by atoms with Gasteiger partial charge in [-0.15, -0.1) is 10.2 Å². The molecule has 2 aromatic heterocycles. The summed E-state index contributed by atoms with van der Waals surface area (Å²) in [6.45, 7) is 6.49. The highest BCUT2D eigenvalue weighted by Gasteiger charge is 2.14. The SMILES string of the molecule is CC(C)(C)c1ccc(NC(=O)Cn2nnc(-c3ccsc3)n2)cc1. The molecule has 0 saturated heterocycles. The lowest BCUT2D eigenvalue weighted by molar-refractivity contribution is -0.117. The fraction of sp³-hybridized carbons (Fsp3) is 0.294. The molecule has 1 aromatic carbocycles. The topological polar surface area (TPSA) is 72.7 Å². The van der Waals surface area contributed by atoms with Crippen molar-refractivity contribution in [3.63, 3.8) is 0 Å². The molecule has 0 fully saturated rings. The summed E-state index contributed by atoms with van der Waals surface area (Å²) in [6, 6.07) is 9.78. The van der Waals surface area contributed by atoms with Crippen molar-refractivity contribution in [3.05, 3.63) is 46.7 Å². The number of thiophene rings is 1. The van der Waals surface area contributed by atoms with E-state index in [4.69, 9.17) is 0 Å². The van der Waals surface area contributed by atoms with E-state index >= 15 is 0 Å². The summed E-state index contributed by atoms with van der Waals surface area (Å²) in [5.41, 5.74) is 2.97. The Bertz CT molecular complexity index is 816. The number of anilines is 1. The van der Waals surface area contributed by atoms with Crippen LogP contribution in [0.4, 0.5) is 5.69 Å². The zero-order valence-corrected chi connectivity index (χ0v) is 14.7. The van der Waals surface area contributed by atoms with Gasteiger partial charge in [-0.25, -0.2) is 0 Å². The average Bonchev–Trinajstić information content (AvgIpc) is 3.17. The lowest BCUT2D eigenvalue weighted by Gasteiger charge is -2.19. The predicted octanol–water partition coefficient (Wildman–Crippen LogP) is 3.34. The van der Waals surface area contributed by atoms with Crippen molar-refractivity contribution in [2.75, 3.05) is 5.32 Å². The maximum atomic E-state index is 12.1. The van der Waals surface area contributed by atoms with E-state index in [0.717, 1.165) is 11.3 Å². The van der Waals surface area contributed by atoms with Crippen LogP contribution in [0.2, 0.25) is 0 Å². The van der Waals surface area contributed by atoms with Crippen molar-refractivity contribution in [1.29, 1.82) is 0 Å². The fourth-order valence-corrected chi connectivity index (χ4v) is 2.83. The molecule has 0 unspecified atom stereocenters. The third-order valence-electron chi connectivity index (χ3n) is 3.55. The summed E-state index contributed by atoms with van der Waals surface area (Å²) in [5.74, 6) is 0.339. The normalized spacial score (nSPS) is 11.5. The first kappa shape index (κ1) is 16.3. The molecule has 2 heterocycles. The number of carbonyl (C=O) groups is 1. The predicted molar refractivity (Wildman–Crippen MR) is 94.9 cm³/mol. The van der Waals surface area contributed by atoms with Crippen molar-refractivity contribution in [1.82, 2.24) is 20.2 Å². The largest absolute Gasteiger partial charge is 0.324 e. The van der Waals surface area contributed by atoms with E-state index in [1.807, 2.05) is 41.1 Å². The smallest absolute Gasteiger partial charge is 0.248 e. The number of nitrogens with zero attached hydrogens (tertiary/aromatic N) is 4. The van der Waals surface area contributed by atoms with Crippen LogP contribution in [-0.4, -0.2) is 26.1 Å². The molecule has 7 heteroatoms. The van der Waals surface area contributed by atoms with Gasteiger partial charge in [0.05, 0.1) is 0 Å². The highest BCUT2D eigenvalue weighted by atomic mass is 32.1. The zero-order valence-electron chi connectivity index (χ0n) is 13.9. The number of tetrazole rings is 1. The van der Waals surface area contributed by atoms with Gasteiger partial charge in [0.25, 0.3) is 0 Å². The first-order chi connectivity index (χ1) is 11.4. The van der Waals surface area contributed by atoms with E-state index in [1.165, 1.54) is 10.4 Å². The minimum absolute atomic E-state index is 0.0260. The Hall–Kier alpha value is -2.54. The quantitative estimate of drug-likeness (QED) is 0.790. The number of nitrogens with one attached hydrogen (secondary N) is 1. The van der Waals surface area contributed by atoms with Crippen LogP contribution in [0.5, 0.6) is 0 Å². The van der Waals surface area contributed by atoms with E-state index in [9.17, 15) is 4.79 Å². The molecular formula is C17H19N5OS. The Morgan fingerprint density at radius 1 is 1.21 bits per heavy atom. The number of carbonyl (C=O) groups excluding carboxylic acids is 1. The molecule has 24 heavy (non-hydrogen) atoms. The molecule has 0 atom stereocenters. The van der Waals surface area contributed by atoms with E-state index in [1.54, 1.807) is 11.3 Å². The molecule has 0 aliphatic rings. The highest BCUT2D eigenvalue weighted by molar-refractivity contribution is 7.08. The van der Waals surface area contributed by atoms with Crippen LogP contribution < -0.4 is 5.32 Å². The standard InChI is InChI=1S/C17H19N5OS/c1-17(2,3)13-4-6-14(7-5-13)18-15(23)10-22-20-16(19-21-22)12-8-9-24-11-12/h4-9,11H,10H2,1-3H3,(H,18,23). The van der Waals surface area contributed by atoms with Crippen molar-refractivity contribution in [2.24, 2.45) is 0 Å². The van der Waals surface area contributed by atoms with Crippen molar-refractivity contribution in [2.45, 2.75) is 32.7 Å².